The molecule has 198 valence electrons. The zero-order valence-electron chi connectivity index (χ0n) is 20.3. The van der Waals surface area contributed by atoms with E-state index in [0.717, 1.165) is 32.1 Å². The van der Waals surface area contributed by atoms with Crippen LogP contribution >= 0.6 is 11.5 Å². The molecule has 5 rings (SSSR count). The number of primary amides is 1. The van der Waals surface area contributed by atoms with Crippen molar-refractivity contribution in [2.24, 2.45) is 5.73 Å². The molecule has 2 heterocycles. The number of rotatable bonds is 7. The Balaban J connectivity index is 1.63. The molecule has 1 saturated carbocycles. The highest BCUT2D eigenvalue weighted by Crippen LogP contribution is 2.40. The Labute approximate surface area is 221 Å². The second kappa shape index (κ2) is 10.7. The van der Waals surface area contributed by atoms with E-state index in [1.165, 1.54) is 29.2 Å². The summed E-state index contributed by atoms with van der Waals surface area (Å²) >= 11 is 0.709. The van der Waals surface area contributed by atoms with Crippen molar-refractivity contribution in [2.75, 3.05) is 17.4 Å². The second-order valence-electron chi connectivity index (χ2n) is 9.15. The lowest BCUT2D eigenvalue weighted by Crippen LogP contribution is -2.47. The number of nitrogens with zero attached hydrogens (tertiary/aromatic N) is 2. The number of carbonyl (C=O) groups excluding carboxylic acids is 3. The number of nitrogens with one attached hydrogen (secondary N) is 1. The van der Waals surface area contributed by atoms with E-state index < -0.39 is 29.6 Å². The van der Waals surface area contributed by atoms with Crippen molar-refractivity contribution >= 4 is 40.6 Å². The molecule has 3 aromatic rings. The van der Waals surface area contributed by atoms with E-state index in [1.807, 2.05) is 0 Å². The Morgan fingerprint density at radius 3 is 2.45 bits per heavy atom. The van der Waals surface area contributed by atoms with Crippen molar-refractivity contribution in [1.29, 1.82) is 0 Å². The minimum Gasteiger partial charge on any atom is -0.454 e. The largest absolute Gasteiger partial charge is 0.454 e. The van der Waals surface area contributed by atoms with Crippen molar-refractivity contribution in [3.05, 3.63) is 64.4 Å². The molecule has 1 atom stereocenters. The molecular weight excluding hydrogens is 513 g/mol. The van der Waals surface area contributed by atoms with E-state index in [9.17, 15) is 18.8 Å². The molecule has 0 saturated heterocycles. The number of anilines is 2. The van der Waals surface area contributed by atoms with E-state index in [4.69, 9.17) is 20.9 Å². The minimum atomic E-state index is -1.20. The van der Waals surface area contributed by atoms with Gasteiger partial charge in [0.15, 0.2) is 17.2 Å². The Hall–Kier alpha value is -4.19. The molecular formula is C26H26FN5O5S. The molecule has 2 aliphatic rings. The van der Waals surface area contributed by atoms with Gasteiger partial charge >= 0.3 is 0 Å². The quantitative estimate of drug-likeness (QED) is 0.416. The van der Waals surface area contributed by atoms with Crippen LogP contribution < -0.4 is 31.2 Å². The van der Waals surface area contributed by atoms with Gasteiger partial charge < -0.3 is 26.3 Å². The molecule has 0 unspecified atom stereocenters. The molecule has 38 heavy (non-hydrogen) atoms. The summed E-state index contributed by atoms with van der Waals surface area (Å²) in [7, 11) is 0. The first kappa shape index (κ1) is 25.5. The van der Waals surface area contributed by atoms with Crippen molar-refractivity contribution in [3.8, 4) is 11.5 Å². The first-order chi connectivity index (χ1) is 18.3. The van der Waals surface area contributed by atoms with Crippen LogP contribution in [0.4, 0.5) is 15.8 Å². The number of aromatic nitrogens is 1. The molecule has 3 amide bonds. The zero-order valence-corrected chi connectivity index (χ0v) is 21.1. The van der Waals surface area contributed by atoms with Gasteiger partial charge in [-0.1, -0.05) is 31.4 Å². The fourth-order valence-corrected chi connectivity index (χ4v) is 5.49. The molecule has 0 bridgehead atoms. The van der Waals surface area contributed by atoms with Crippen LogP contribution in [0.3, 0.4) is 0 Å². The molecule has 1 aliphatic heterocycles. The number of hydrogen-bond acceptors (Lipinski definition) is 8. The molecule has 2 aromatic carbocycles. The summed E-state index contributed by atoms with van der Waals surface area (Å²) in [4.78, 5) is 41.0. The van der Waals surface area contributed by atoms with Gasteiger partial charge in [0.25, 0.3) is 11.8 Å². The van der Waals surface area contributed by atoms with Gasteiger partial charge in [0, 0.05) is 17.8 Å². The molecule has 1 aromatic heterocycles. The average molecular weight is 540 g/mol. The number of hydrogen-bond donors (Lipinski definition) is 3. The number of fused-ring (bicyclic) bond motifs is 1. The topological polar surface area (TPSA) is 150 Å². The van der Waals surface area contributed by atoms with E-state index in [1.54, 1.807) is 18.2 Å². The minimum absolute atomic E-state index is 0.0139. The number of halogens is 1. The van der Waals surface area contributed by atoms with Gasteiger partial charge in [-0.25, -0.2) is 4.39 Å². The van der Waals surface area contributed by atoms with Crippen LogP contribution in [0.1, 0.15) is 63.9 Å². The maximum absolute atomic E-state index is 14.1. The molecule has 10 nitrogen and oxygen atoms in total. The Morgan fingerprint density at radius 2 is 1.76 bits per heavy atom. The normalized spacial score (nSPS) is 15.6. The van der Waals surface area contributed by atoms with Crippen LogP contribution in [0.2, 0.25) is 0 Å². The van der Waals surface area contributed by atoms with Crippen molar-refractivity contribution in [1.82, 2.24) is 9.69 Å². The lowest BCUT2D eigenvalue weighted by molar-refractivity contribution is -0.123. The van der Waals surface area contributed by atoms with Gasteiger partial charge in [0.1, 0.15) is 16.7 Å². The maximum atomic E-state index is 14.1. The summed E-state index contributed by atoms with van der Waals surface area (Å²) in [6.45, 7) is 0.0139. The highest BCUT2D eigenvalue weighted by Gasteiger charge is 2.37. The Bertz CT molecular complexity index is 1370. The number of nitrogens with two attached hydrogens (primary N) is 2. The SMILES string of the molecule is NC(=O)c1nsc(C(=O)N(c2ccc3c(c2)OCO3)[C@H](C(=O)NC2CCCCC2)c2ccc(F)cc2)c1N. The summed E-state index contributed by atoms with van der Waals surface area (Å²) < 4.78 is 28.7. The number of amides is 3. The predicted molar refractivity (Wildman–Crippen MR) is 139 cm³/mol. The summed E-state index contributed by atoms with van der Waals surface area (Å²) in [6.07, 6.45) is 4.73. The number of nitrogen functional groups attached to an aromatic ring is 1. The molecule has 1 aliphatic carbocycles. The standard InChI is InChI=1S/C26H26FN5O5S/c27-15-8-6-14(7-9-15)22(25(34)30-16-4-2-1-3-5-16)32(17-10-11-18-19(12-17)37-13-36-18)26(35)23-20(28)21(24(29)33)31-38-23/h6-12,16,22H,1-5,13,28H2,(H2,29,33)(H,30,34)/t22-/m0/s1. The molecule has 1 fully saturated rings. The first-order valence-corrected chi connectivity index (χ1v) is 12.9. The van der Waals surface area contributed by atoms with Gasteiger partial charge in [-0.3, -0.25) is 19.3 Å². The second-order valence-corrected chi connectivity index (χ2v) is 9.92. The van der Waals surface area contributed by atoms with Crippen molar-refractivity contribution < 1.29 is 28.2 Å². The summed E-state index contributed by atoms with van der Waals surface area (Å²) in [6, 6.07) is 8.93. The number of ether oxygens (including phenoxy) is 2. The van der Waals surface area contributed by atoms with E-state index in [-0.39, 0.29) is 29.1 Å². The number of carbonyl (C=O) groups is 3. The average Bonchev–Trinajstić information content (AvgIpc) is 3.54. The predicted octanol–water partition coefficient (Wildman–Crippen LogP) is 3.53. The summed E-state index contributed by atoms with van der Waals surface area (Å²) in [5.74, 6) is -1.61. The smallest absolute Gasteiger partial charge is 0.273 e. The van der Waals surface area contributed by atoms with Crippen LogP contribution in [0, 0.1) is 5.82 Å². The third-order valence-corrected chi connectivity index (χ3v) is 7.50. The van der Waals surface area contributed by atoms with Gasteiger partial charge in [-0.15, -0.1) is 0 Å². The Kier molecular flexibility index (Phi) is 7.14. The maximum Gasteiger partial charge on any atom is 0.273 e. The Morgan fingerprint density at radius 1 is 1.05 bits per heavy atom. The van der Waals surface area contributed by atoms with Crippen molar-refractivity contribution in [3.63, 3.8) is 0 Å². The van der Waals surface area contributed by atoms with Gasteiger partial charge in [-0.2, -0.15) is 4.37 Å². The summed E-state index contributed by atoms with van der Waals surface area (Å²) in [5.41, 5.74) is 11.7. The fraction of sp³-hybridized carbons (Fsp3) is 0.308. The molecule has 5 N–H and O–H groups in total. The van der Waals surface area contributed by atoms with E-state index in [2.05, 4.69) is 9.69 Å². The third-order valence-electron chi connectivity index (χ3n) is 6.65. The van der Waals surface area contributed by atoms with Crippen LogP contribution in [0.15, 0.2) is 42.5 Å². The van der Waals surface area contributed by atoms with E-state index in [0.29, 0.717) is 34.3 Å². The van der Waals surface area contributed by atoms with E-state index >= 15 is 0 Å². The van der Waals surface area contributed by atoms with Crippen LogP contribution in [-0.2, 0) is 4.79 Å². The van der Waals surface area contributed by atoms with Gasteiger partial charge in [0.05, 0.1) is 5.69 Å². The third kappa shape index (κ3) is 4.99. The van der Waals surface area contributed by atoms with Crippen LogP contribution in [-0.4, -0.2) is 34.9 Å². The van der Waals surface area contributed by atoms with Crippen LogP contribution in [0.5, 0.6) is 11.5 Å². The molecule has 0 radical (unpaired) electrons. The fourth-order valence-electron chi connectivity index (χ4n) is 4.75. The summed E-state index contributed by atoms with van der Waals surface area (Å²) in [5, 5.41) is 3.08. The molecule has 12 heteroatoms. The molecule has 0 spiro atoms. The lowest BCUT2D eigenvalue weighted by atomic mass is 9.94. The lowest BCUT2D eigenvalue weighted by Gasteiger charge is -2.33. The van der Waals surface area contributed by atoms with Crippen molar-refractivity contribution in [2.45, 2.75) is 44.2 Å². The number of benzene rings is 2. The first-order valence-electron chi connectivity index (χ1n) is 12.2. The van der Waals surface area contributed by atoms with Crippen LogP contribution in [0.25, 0.3) is 0 Å². The van der Waals surface area contributed by atoms with Gasteiger partial charge in [0.2, 0.25) is 12.7 Å². The monoisotopic (exact) mass is 539 g/mol. The highest BCUT2D eigenvalue weighted by molar-refractivity contribution is 7.09. The van der Waals surface area contributed by atoms with Gasteiger partial charge in [-0.05, 0) is 54.2 Å². The highest BCUT2D eigenvalue weighted by atomic mass is 32.1. The zero-order chi connectivity index (χ0) is 26.8.